The molecule has 2 N–H and O–H groups in total. The SMILES string of the molecule is COCCNc1cc(NC(=O)N2CCCc3cc(CN4C(=O)COC[C@H]4C)c(C(OC)OC)nc32)ncc1C#N. The number of rotatable bonds is 10. The van der Waals surface area contributed by atoms with E-state index in [2.05, 4.69) is 21.7 Å². The summed E-state index contributed by atoms with van der Waals surface area (Å²) in [4.78, 5) is 38.5. The van der Waals surface area contributed by atoms with Crippen molar-refractivity contribution in [2.75, 3.05) is 69.8 Å². The van der Waals surface area contributed by atoms with Crippen molar-refractivity contribution < 1.29 is 28.5 Å². The van der Waals surface area contributed by atoms with E-state index in [1.54, 1.807) is 23.0 Å². The van der Waals surface area contributed by atoms with Gasteiger partial charge in [-0.15, -0.1) is 0 Å². The topological polar surface area (TPSA) is 151 Å². The van der Waals surface area contributed by atoms with Gasteiger partial charge in [0, 0.05) is 53.2 Å². The van der Waals surface area contributed by atoms with Crippen molar-refractivity contribution in [1.29, 1.82) is 5.26 Å². The number of amides is 3. The van der Waals surface area contributed by atoms with Crippen molar-refractivity contribution >= 4 is 29.3 Å². The Morgan fingerprint density at radius 3 is 2.80 bits per heavy atom. The summed E-state index contributed by atoms with van der Waals surface area (Å²) < 4.78 is 21.5. The van der Waals surface area contributed by atoms with Crippen molar-refractivity contribution in [1.82, 2.24) is 14.9 Å². The number of anilines is 3. The number of nitrogens with one attached hydrogen (secondary N) is 2. The van der Waals surface area contributed by atoms with Gasteiger partial charge in [-0.05, 0) is 37.0 Å². The van der Waals surface area contributed by atoms with Gasteiger partial charge < -0.3 is 29.2 Å². The lowest BCUT2D eigenvalue weighted by molar-refractivity contribution is -0.148. The number of nitrogens with zero attached hydrogens (tertiary/aromatic N) is 5. The van der Waals surface area contributed by atoms with Crippen LogP contribution in [0.25, 0.3) is 0 Å². The van der Waals surface area contributed by atoms with Gasteiger partial charge in [-0.3, -0.25) is 15.0 Å². The second kappa shape index (κ2) is 13.5. The normalized spacial score (nSPS) is 17.0. The fourth-order valence-corrected chi connectivity index (χ4v) is 4.79. The van der Waals surface area contributed by atoms with Gasteiger partial charge in [0.2, 0.25) is 12.2 Å². The zero-order valence-electron chi connectivity index (χ0n) is 23.2. The molecule has 1 fully saturated rings. The Bertz CT molecular complexity index is 1260. The summed E-state index contributed by atoms with van der Waals surface area (Å²) >= 11 is 0. The van der Waals surface area contributed by atoms with Crippen LogP contribution in [0, 0.1) is 11.3 Å². The Hall–Kier alpha value is -3.83. The number of hydrogen-bond donors (Lipinski definition) is 2. The molecule has 40 heavy (non-hydrogen) atoms. The van der Waals surface area contributed by atoms with Crippen LogP contribution < -0.4 is 15.5 Å². The lowest BCUT2D eigenvalue weighted by Gasteiger charge is -2.35. The lowest BCUT2D eigenvalue weighted by Crippen LogP contribution is -2.47. The molecule has 2 aromatic rings. The van der Waals surface area contributed by atoms with Crippen LogP contribution in [-0.2, 0) is 36.7 Å². The molecule has 4 rings (SSSR count). The maximum absolute atomic E-state index is 13.5. The van der Waals surface area contributed by atoms with Crippen LogP contribution in [0.4, 0.5) is 22.1 Å². The van der Waals surface area contributed by atoms with E-state index < -0.39 is 12.3 Å². The average Bonchev–Trinajstić information content (AvgIpc) is 2.95. The van der Waals surface area contributed by atoms with Gasteiger partial charge in [0.15, 0.2) is 0 Å². The number of fused-ring (bicyclic) bond motifs is 1. The molecule has 0 unspecified atom stereocenters. The number of hydrogen-bond acceptors (Lipinski definition) is 10. The molecule has 0 aliphatic carbocycles. The van der Waals surface area contributed by atoms with E-state index in [0.29, 0.717) is 61.4 Å². The zero-order chi connectivity index (χ0) is 28.6. The van der Waals surface area contributed by atoms with E-state index in [1.165, 1.54) is 20.4 Å². The molecule has 0 radical (unpaired) electrons. The Kier molecular flexibility index (Phi) is 9.84. The summed E-state index contributed by atoms with van der Waals surface area (Å²) in [7, 11) is 4.62. The minimum absolute atomic E-state index is 0.0387. The molecule has 2 aliphatic heterocycles. The highest BCUT2D eigenvalue weighted by molar-refractivity contribution is 6.01. The minimum Gasteiger partial charge on any atom is -0.383 e. The van der Waals surface area contributed by atoms with Crippen LogP contribution in [0.5, 0.6) is 0 Å². The van der Waals surface area contributed by atoms with Gasteiger partial charge in [-0.1, -0.05) is 0 Å². The van der Waals surface area contributed by atoms with Gasteiger partial charge in [0.1, 0.15) is 30.0 Å². The van der Waals surface area contributed by atoms with E-state index in [-0.39, 0.29) is 18.6 Å². The maximum atomic E-state index is 13.5. The van der Waals surface area contributed by atoms with Gasteiger partial charge in [-0.2, -0.15) is 5.26 Å². The first-order valence-electron chi connectivity index (χ1n) is 13.1. The Morgan fingerprint density at radius 1 is 1.30 bits per heavy atom. The number of methoxy groups -OCH3 is 3. The number of carbonyl (C=O) groups is 2. The second-order valence-corrected chi connectivity index (χ2v) is 9.54. The van der Waals surface area contributed by atoms with Crippen molar-refractivity contribution in [3.8, 4) is 6.07 Å². The number of carbonyl (C=O) groups excluding carboxylic acids is 2. The summed E-state index contributed by atoms with van der Waals surface area (Å²) in [5, 5.41) is 15.4. The third kappa shape index (κ3) is 6.48. The molecular weight excluding hydrogens is 518 g/mol. The van der Waals surface area contributed by atoms with Crippen LogP contribution in [0.15, 0.2) is 18.3 Å². The van der Waals surface area contributed by atoms with E-state index in [4.69, 9.17) is 23.9 Å². The van der Waals surface area contributed by atoms with Crippen LogP contribution in [0.2, 0.25) is 0 Å². The number of urea groups is 1. The number of morpholine rings is 1. The number of pyridine rings is 2. The quantitative estimate of drug-likeness (QED) is 0.332. The van der Waals surface area contributed by atoms with E-state index in [0.717, 1.165) is 24.0 Å². The first kappa shape index (κ1) is 29.2. The van der Waals surface area contributed by atoms with Crippen molar-refractivity contribution in [2.45, 2.75) is 38.6 Å². The number of aryl methyl sites for hydroxylation is 1. The fourth-order valence-electron chi connectivity index (χ4n) is 4.79. The molecule has 4 heterocycles. The molecule has 2 aromatic heterocycles. The third-order valence-corrected chi connectivity index (χ3v) is 6.83. The third-order valence-electron chi connectivity index (χ3n) is 6.83. The number of aromatic nitrogens is 2. The molecule has 3 amide bonds. The first-order chi connectivity index (χ1) is 19.4. The Labute approximate surface area is 233 Å². The van der Waals surface area contributed by atoms with Crippen LogP contribution in [0.3, 0.4) is 0 Å². The number of ether oxygens (including phenoxy) is 4. The van der Waals surface area contributed by atoms with Crippen molar-refractivity contribution in [3.05, 3.63) is 40.7 Å². The molecule has 0 saturated carbocycles. The molecule has 2 aliphatic rings. The second-order valence-electron chi connectivity index (χ2n) is 9.54. The summed E-state index contributed by atoms with van der Waals surface area (Å²) in [5.41, 5.74) is 3.07. The van der Waals surface area contributed by atoms with E-state index >= 15 is 0 Å². The van der Waals surface area contributed by atoms with Crippen LogP contribution >= 0.6 is 0 Å². The fraction of sp³-hybridized carbons (Fsp3) is 0.519. The molecule has 0 spiro atoms. The van der Waals surface area contributed by atoms with Gasteiger partial charge in [0.05, 0.1) is 30.5 Å². The van der Waals surface area contributed by atoms with Crippen molar-refractivity contribution in [3.63, 3.8) is 0 Å². The van der Waals surface area contributed by atoms with Gasteiger partial charge in [0.25, 0.3) is 0 Å². The summed E-state index contributed by atoms with van der Waals surface area (Å²) in [6.07, 6.45) is 2.07. The van der Waals surface area contributed by atoms with Crippen LogP contribution in [-0.4, -0.2) is 87.1 Å². The highest BCUT2D eigenvalue weighted by atomic mass is 16.7. The summed E-state index contributed by atoms with van der Waals surface area (Å²) in [5.74, 6) is 0.690. The molecular formula is C27H35N7O6. The lowest BCUT2D eigenvalue weighted by atomic mass is 10.0. The van der Waals surface area contributed by atoms with Gasteiger partial charge in [-0.25, -0.2) is 14.8 Å². The molecule has 0 aromatic carbocycles. The molecule has 13 heteroatoms. The maximum Gasteiger partial charge on any atom is 0.328 e. The largest absolute Gasteiger partial charge is 0.383 e. The molecule has 214 valence electrons. The predicted molar refractivity (Wildman–Crippen MR) is 146 cm³/mol. The monoisotopic (exact) mass is 553 g/mol. The smallest absolute Gasteiger partial charge is 0.328 e. The minimum atomic E-state index is -0.792. The Morgan fingerprint density at radius 2 is 2.10 bits per heavy atom. The Balaban J connectivity index is 1.62. The molecule has 13 nitrogen and oxygen atoms in total. The van der Waals surface area contributed by atoms with Crippen molar-refractivity contribution in [2.24, 2.45) is 0 Å². The highest BCUT2D eigenvalue weighted by Gasteiger charge is 2.31. The standard InChI is InChI=1S/C27H35N7O6/c1-17-15-40-16-23(35)34(17)14-19-10-18-6-5-8-33(25(18)32-24(19)26(38-3)39-4)27(36)31-22-11-21(29-7-9-37-2)20(12-28)13-30-22/h10-11,13,17,26H,5-9,14-16H2,1-4H3,(H2,29,30,31,36)/t17-/m1/s1. The molecule has 1 atom stereocenters. The van der Waals surface area contributed by atoms with Crippen LogP contribution in [0.1, 0.15) is 42.0 Å². The molecule has 1 saturated heterocycles. The highest BCUT2D eigenvalue weighted by Crippen LogP contribution is 2.32. The van der Waals surface area contributed by atoms with Gasteiger partial charge >= 0.3 is 6.03 Å². The van der Waals surface area contributed by atoms with E-state index in [1.807, 2.05) is 13.0 Å². The number of nitriles is 1. The summed E-state index contributed by atoms with van der Waals surface area (Å²) in [6.45, 7) is 4.15. The molecule has 0 bridgehead atoms. The zero-order valence-corrected chi connectivity index (χ0v) is 23.2. The van der Waals surface area contributed by atoms with E-state index in [9.17, 15) is 14.9 Å². The summed E-state index contributed by atoms with van der Waals surface area (Å²) in [6, 6.07) is 5.19. The average molecular weight is 554 g/mol. The first-order valence-corrected chi connectivity index (χ1v) is 13.1. The predicted octanol–water partition coefficient (Wildman–Crippen LogP) is 2.43.